The van der Waals surface area contributed by atoms with Crippen LogP contribution in [0.25, 0.3) is 27.9 Å². The average molecular weight is 333 g/mol. The number of hydrogen-bond acceptors (Lipinski definition) is 5. The van der Waals surface area contributed by atoms with E-state index in [1.807, 2.05) is 54.6 Å². The molecule has 25 heavy (non-hydrogen) atoms. The predicted octanol–water partition coefficient (Wildman–Crippen LogP) is 3.39. The smallest absolute Gasteiger partial charge is 0.226 e. The molecular formula is C19H19N5O. The monoisotopic (exact) mass is 333 g/mol. The maximum absolute atomic E-state index is 5.10. The van der Waals surface area contributed by atoms with Gasteiger partial charge >= 0.3 is 0 Å². The fourth-order valence-electron chi connectivity index (χ4n) is 2.80. The molecule has 0 aliphatic rings. The van der Waals surface area contributed by atoms with Crippen LogP contribution in [0.5, 0.6) is 0 Å². The molecule has 0 amide bonds. The summed E-state index contributed by atoms with van der Waals surface area (Å²) in [5.41, 5.74) is 2.69. The fraction of sp³-hybridized carbons (Fsp3) is 0.211. The van der Waals surface area contributed by atoms with Gasteiger partial charge in [-0.1, -0.05) is 42.5 Å². The quantitative estimate of drug-likeness (QED) is 0.548. The Labute approximate surface area is 145 Å². The molecule has 0 aliphatic carbocycles. The van der Waals surface area contributed by atoms with Crippen LogP contribution in [0.1, 0.15) is 6.42 Å². The molecule has 6 nitrogen and oxygen atoms in total. The summed E-state index contributed by atoms with van der Waals surface area (Å²) >= 11 is 0. The third kappa shape index (κ3) is 3.04. The summed E-state index contributed by atoms with van der Waals surface area (Å²) < 4.78 is 6.89. The van der Waals surface area contributed by atoms with Crippen molar-refractivity contribution in [3.8, 4) is 11.4 Å². The highest BCUT2D eigenvalue weighted by Crippen LogP contribution is 2.23. The molecule has 1 N–H and O–H groups in total. The summed E-state index contributed by atoms with van der Waals surface area (Å²) in [7, 11) is 1.70. The van der Waals surface area contributed by atoms with Crippen molar-refractivity contribution in [3.63, 3.8) is 0 Å². The van der Waals surface area contributed by atoms with Crippen LogP contribution in [0, 0.1) is 0 Å². The Hall–Kier alpha value is -2.99. The molecule has 2 aromatic heterocycles. The minimum Gasteiger partial charge on any atom is -0.385 e. The zero-order valence-corrected chi connectivity index (χ0v) is 14.0. The van der Waals surface area contributed by atoms with E-state index in [4.69, 9.17) is 14.7 Å². The Morgan fingerprint density at radius 2 is 1.80 bits per heavy atom. The lowest BCUT2D eigenvalue weighted by atomic mass is 10.2. The molecule has 4 rings (SSSR count). The van der Waals surface area contributed by atoms with Crippen molar-refractivity contribution in [2.75, 3.05) is 25.6 Å². The fourth-order valence-corrected chi connectivity index (χ4v) is 2.80. The molecular weight excluding hydrogens is 314 g/mol. The van der Waals surface area contributed by atoms with E-state index in [1.54, 1.807) is 11.6 Å². The van der Waals surface area contributed by atoms with E-state index >= 15 is 0 Å². The van der Waals surface area contributed by atoms with Crippen LogP contribution < -0.4 is 5.32 Å². The molecule has 0 saturated heterocycles. The third-order valence-electron chi connectivity index (χ3n) is 4.02. The predicted molar refractivity (Wildman–Crippen MR) is 98.7 cm³/mol. The topological polar surface area (TPSA) is 64.3 Å². The Bertz CT molecular complexity index is 997. The largest absolute Gasteiger partial charge is 0.385 e. The first-order valence-electron chi connectivity index (χ1n) is 8.30. The van der Waals surface area contributed by atoms with Gasteiger partial charge in [0.25, 0.3) is 0 Å². The van der Waals surface area contributed by atoms with Crippen molar-refractivity contribution >= 4 is 22.5 Å². The number of nitrogens with one attached hydrogen (secondary N) is 1. The lowest BCUT2D eigenvalue weighted by Gasteiger charge is -2.08. The maximum atomic E-state index is 5.10. The van der Waals surface area contributed by atoms with Crippen LogP contribution in [0.3, 0.4) is 0 Å². The van der Waals surface area contributed by atoms with Crippen molar-refractivity contribution in [3.05, 3.63) is 54.6 Å². The van der Waals surface area contributed by atoms with Crippen LogP contribution >= 0.6 is 0 Å². The molecule has 126 valence electrons. The number of para-hydroxylation sites is 1. The van der Waals surface area contributed by atoms with Crippen molar-refractivity contribution in [1.82, 2.24) is 19.6 Å². The molecule has 0 fully saturated rings. The van der Waals surface area contributed by atoms with Gasteiger partial charge in [-0.15, -0.1) is 5.10 Å². The first kappa shape index (κ1) is 15.5. The van der Waals surface area contributed by atoms with E-state index < -0.39 is 0 Å². The van der Waals surface area contributed by atoms with Gasteiger partial charge in [-0.05, 0) is 18.6 Å². The van der Waals surface area contributed by atoms with Crippen molar-refractivity contribution in [2.24, 2.45) is 0 Å². The highest BCUT2D eigenvalue weighted by Gasteiger charge is 2.13. The van der Waals surface area contributed by atoms with E-state index in [2.05, 4.69) is 10.4 Å². The van der Waals surface area contributed by atoms with E-state index in [9.17, 15) is 0 Å². The minimum absolute atomic E-state index is 0.693. The molecule has 6 heteroatoms. The van der Waals surface area contributed by atoms with Gasteiger partial charge in [0.1, 0.15) is 0 Å². The van der Waals surface area contributed by atoms with Crippen LogP contribution in [0.4, 0.5) is 5.95 Å². The number of fused-ring (bicyclic) bond motifs is 3. The maximum Gasteiger partial charge on any atom is 0.226 e. The standard InChI is InChI=1S/C19H19N5O/c1-25-13-7-12-20-19-21-16-11-6-5-10-15(16)18-22-17(23-24(18)19)14-8-3-2-4-9-14/h2-6,8-11H,7,12-13H2,1H3,(H,20,21). The van der Waals surface area contributed by atoms with Gasteiger partial charge in [0.2, 0.25) is 5.95 Å². The molecule has 0 bridgehead atoms. The van der Waals surface area contributed by atoms with Crippen molar-refractivity contribution in [1.29, 1.82) is 0 Å². The van der Waals surface area contributed by atoms with Crippen LogP contribution in [0.2, 0.25) is 0 Å². The second-order valence-electron chi connectivity index (χ2n) is 5.76. The van der Waals surface area contributed by atoms with E-state index in [0.717, 1.165) is 35.1 Å². The zero-order valence-electron chi connectivity index (χ0n) is 14.0. The molecule has 0 atom stereocenters. The molecule has 0 saturated carbocycles. The number of hydrogen-bond donors (Lipinski definition) is 1. The Kier molecular flexibility index (Phi) is 4.26. The van der Waals surface area contributed by atoms with Crippen LogP contribution in [0.15, 0.2) is 54.6 Å². The highest BCUT2D eigenvalue weighted by atomic mass is 16.5. The highest BCUT2D eigenvalue weighted by molar-refractivity contribution is 5.92. The minimum atomic E-state index is 0.693. The summed E-state index contributed by atoms with van der Waals surface area (Å²) in [6.45, 7) is 1.46. The first-order chi connectivity index (χ1) is 12.4. The molecule has 0 radical (unpaired) electrons. The zero-order chi connectivity index (χ0) is 17.1. The third-order valence-corrected chi connectivity index (χ3v) is 4.02. The Morgan fingerprint density at radius 3 is 2.64 bits per heavy atom. The normalized spacial score (nSPS) is 11.2. The number of nitrogens with zero attached hydrogens (tertiary/aromatic N) is 4. The summed E-state index contributed by atoms with van der Waals surface area (Å²) in [4.78, 5) is 9.48. The Balaban J connectivity index is 1.83. The molecule has 2 heterocycles. The second kappa shape index (κ2) is 6.86. The number of aromatic nitrogens is 4. The number of rotatable bonds is 6. The summed E-state index contributed by atoms with van der Waals surface area (Å²) in [6, 6.07) is 18.0. The summed E-state index contributed by atoms with van der Waals surface area (Å²) in [5.74, 6) is 1.39. The summed E-state index contributed by atoms with van der Waals surface area (Å²) in [5, 5.41) is 9.02. The van der Waals surface area contributed by atoms with E-state index in [1.165, 1.54) is 0 Å². The van der Waals surface area contributed by atoms with E-state index in [-0.39, 0.29) is 0 Å². The van der Waals surface area contributed by atoms with Gasteiger partial charge in [-0.3, -0.25) is 0 Å². The molecule has 0 unspecified atom stereocenters. The van der Waals surface area contributed by atoms with Gasteiger partial charge in [0.15, 0.2) is 11.5 Å². The van der Waals surface area contributed by atoms with E-state index in [0.29, 0.717) is 18.4 Å². The van der Waals surface area contributed by atoms with Crippen LogP contribution in [-0.4, -0.2) is 39.8 Å². The van der Waals surface area contributed by atoms with Crippen molar-refractivity contribution in [2.45, 2.75) is 6.42 Å². The number of ether oxygens (including phenoxy) is 1. The number of anilines is 1. The molecule has 0 spiro atoms. The van der Waals surface area contributed by atoms with Gasteiger partial charge < -0.3 is 10.1 Å². The molecule has 0 aliphatic heterocycles. The lowest BCUT2D eigenvalue weighted by Crippen LogP contribution is -2.10. The Morgan fingerprint density at radius 1 is 1.00 bits per heavy atom. The average Bonchev–Trinajstić information content (AvgIpc) is 3.12. The lowest BCUT2D eigenvalue weighted by molar-refractivity contribution is 0.197. The van der Waals surface area contributed by atoms with Gasteiger partial charge in [0.05, 0.1) is 5.52 Å². The van der Waals surface area contributed by atoms with Crippen LogP contribution in [-0.2, 0) is 4.74 Å². The second-order valence-corrected chi connectivity index (χ2v) is 5.76. The number of methoxy groups -OCH3 is 1. The SMILES string of the molecule is COCCCNc1nc2ccccc2c2nc(-c3ccccc3)nn12. The molecule has 4 aromatic rings. The van der Waals surface area contributed by atoms with Gasteiger partial charge in [0, 0.05) is 31.2 Å². The van der Waals surface area contributed by atoms with Gasteiger partial charge in [-0.25, -0.2) is 9.97 Å². The van der Waals surface area contributed by atoms with Gasteiger partial charge in [-0.2, -0.15) is 4.52 Å². The van der Waals surface area contributed by atoms with Crippen molar-refractivity contribution < 1.29 is 4.74 Å². The summed E-state index contributed by atoms with van der Waals surface area (Å²) in [6.07, 6.45) is 0.896. The molecule has 2 aromatic carbocycles. The number of benzene rings is 2. The first-order valence-corrected chi connectivity index (χ1v) is 8.30.